The quantitative estimate of drug-likeness (QED) is 0.675. The summed E-state index contributed by atoms with van der Waals surface area (Å²) in [5.41, 5.74) is -0.0547. The lowest BCUT2D eigenvalue weighted by atomic mass is 9.74. The summed E-state index contributed by atoms with van der Waals surface area (Å²) in [4.78, 5) is 11.7. The van der Waals surface area contributed by atoms with Gasteiger partial charge in [0.25, 0.3) is 0 Å². The van der Waals surface area contributed by atoms with Gasteiger partial charge in [-0.2, -0.15) is 0 Å². The van der Waals surface area contributed by atoms with Crippen LogP contribution in [-0.4, -0.2) is 18.5 Å². The van der Waals surface area contributed by atoms with E-state index in [-0.39, 0.29) is 5.60 Å². The molecular weight excluding hydrogens is 176 g/mol. The lowest BCUT2D eigenvalue weighted by Crippen LogP contribution is -2.41. The SMILES string of the molecule is COC1(CC(=O)CC2CCC2)CCC1. The summed E-state index contributed by atoms with van der Waals surface area (Å²) in [5, 5.41) is 0. The van der Waals surface area contributed by atoms with E-state index in [9.17, 15) is 4.79 Å². The number of hydrogen-bond donors (Lipinski definition) is 0. The Labute approximate surface area is 86.0 Å². The Bertz CT molecular complexity index is 209. The molecule has 0 unspecified atom stereocenters. The highest BCUT2D eigenvalue weighted by Crippen LogP contribution is 2.39. The van der Waals surface area contributed by atoms with Gasteiger partial charge in [-0.1, -0.05) is 19.3 Å². The van der Waals surface area contributed by atoms with E-state index < -0.39 is 0 Å². The van der Waals surface area contributed by atoms with Crippen molar-refractivity contribution >= 4 is 5.78 Å². The van der Waals surface area contributed by atoms with Crippen LogP contribution in [0.1, 0.15) is 51.4 Å². The van der Waals surface area contributed by atoms with E-state index in [1.165, 1.54) is 25.7 Å². The summed E-state index contributed by atoms with van der Waals surface area (Å²) in [6.07, 6.45) is 8.74. The van der Waals surface area contributed by atoms with Crippen molar-refractivity contribution in [2.75, 3.05) is 7.11 Å². The number of ketones is 1. The van der Waals surface area contributed by atoms with Crippen molar-refractivity contribution in [1.29, 1.82) is 0 Å². The van der Waals surface area contributed by atoms with E-state index in [4.69, 9.17) is 4.74 Å². The van der Waals surface area contributed by atoms with Crippen molar-refractivity contribution < 1.29 is 9.53 Å². The van der Waals surface area contributed by atoms with Crippen LogP contribution in [0, 0.1) is 5.92 Å². The van der Waals surface area contributed by atoms with Crippen LogP contribution in [0.3, 0.4) is 0 Å². The summed E-state index contributed by atoms with van der Waals surface area (Å²) in [6, 6.07) is 0. The summed E-state index contributed by atoms with van der Waals surface area (Å²) >= 11 is 0. The molecule has 0 radical (unpaired) electrons. The summed E-state index contributed by atoms with van der Waals surface area (Å²) < 4.78 is 5.46. The molecule has 0 aliphatic heterocycles. The molecule has 2 heteroatoms. The van der Waals surface area contributed by atoms with E-state index in [1.54, 1.807) is 7.11 Å². The number of carbonyl (C=O) groups is 1. The smallest absolute Gasteiger partial charge is 0.136 e. The molecule has 0 amide bonds. The van der Waals surface area contributed by atoms with Gasteiger partial charge in [0, 0.05) is 20.0 Å². The van der Waals surface area contributed by atoms with E-state index >= 15 is 0 Å². The predicted octanol–water partition coefficient (Wildman–Crippen LogP) is 2.70. The van der Waals surface area contributed by atoms with Gasteiger partial charge in [-0.05, 0) is 25.2 Å². The highest BCUT2D eigenvalue weighted by atomic mass is 16.5. The first-order chi connectivity index (χ1) is 6.74. The summed E-state index contributed by atoms with van der Waals surface area (Å²) in [6.45, 7) is 0. The maximum absolute atomic E-state index is 11.7. The van der Waals surface area contributed by atoms with Crippen LogP contribution >= 0.6 is 0 Å². The van der Waals surface area contributed by atoms with Crippen molar-refractivity contribution in [2.24, 2.45) is 5.92 Å². The zero-order chi connectivity index (χ0) is 10.0. The maximum atomic E-state index is 11.7. The van der Waals surface area contributed by atoms with Crippen LogP contribution in [0.25, 0.3) is 0 Å². The Morgan fingerprint density at radius 1 is 1.36 bits per heavy atom. The van der Waals surface area contributed by atoms with Gasteiger partial charge in [-0.3, -0.25) is 4.79 Å². The van der Waals surface area contributed by atoms with Gasteiger partial charge < -0.3 is 4.74 Å². The topological polar surface area (TPSA) is 26.3 Å². The Morgan fingerprint density at radius 3 is 2.43 bits per heavy atom. The van der Waals surface area contributed by atoms with Crippen molar-refractivity contribution in [3.8, 4) is 0 Å². The van der Waals surface area contributed by atoms with E-state index in [2.05, 4.69) is 0 Å². The first-order valence-corrected chi connectivity index (χ1v) is 5.81. The third kappa shape index (κ3) is 2.00. The third-order valence-corrected chi connectivity index (χ3v) is 3.96. The van der Waals surface area contributed by atoms with Crippen LogP contribution in [0.5, 0.6) is 0 Å². The zero-order valence-electron chi connectivity index (χ0n) is 9.05. The normalized spacial score (nSPS) is 25.2. The molecule has 2 saturated carbocycles. The van der Waals surface area contributed by atoms with Crippen LogP contribution < -0.4 is 0 Å². The molecule has 0 aromatic heterocycles. The molecule has 0 N–H and O–H groups in total. The maximum Gasteiger partial charge on any atom is 0.136 e. The molecule has 80 valence electrons. The highest BCUT2D eigenvalue weighted by molar-refractivity contribution is 5.80. The monoisotopic (exact) mass is 196 g/mol. The Morgan fingerprint density at radius 2 is 2.07 bits per heavy atom. The third-order valence-electron chi connectivity index (χ3n) is 3.96. The van der Waals surface area contributed by atoms with Crippen molar-refractivity contribution in [3.63, 3.8) is 0 Å². The number of ether oxygens (including phenoxy) is 1. The first kappa shape index (κ1) is 10.2. The molecular formula is C12H20O2. The molecule has 0 bridgehead atoms. The minimum Gasteiger partial charge on any atom is -0.378 e. The molecule has 0 spiro atoms. The molecule has 14 heavy (non-hydrogen) atoms. The average molecular weight is 196 g/mol. The molecule has 0 aromatic carbocycles. The fourth-order valence-corrected chi connectivity index (χ4v) is 2.47. The van der Waals surface area contributed by atoms with E-state index in [1.807, 2.05) is 0 Å². The first-order valence-electron chi connectivity index (χ1n) is 5.81. The number of hydrogen-bond acceptors (Lipinski definition) is 2. The lowest BCUT2D eigenvalue weighted by molar-refractivity contribution is -0.133. The minimum atomic E-state index is -0.0547. The zero-order valence-corrected chi connectivity index (χ0v) is 9.05. The Hall–Kier alpha value is -0.370. The lowest BCUT2D eigenvalue weighted by Gasteiger charge is -2.40. The molecule has 2 aliphatic rings. The number of methoxy groups -OCH3 is 1. The second kappa shape index (κ2) is 4.01. The average Bonchev–Trinajstić information content (AvgIpc) is 2.04. The van der Waals surface area contributed by atoms with Crippen molar-refractivity contribution in [3.05, 3.63) is 0 Å². The number of Topliss-reactive ketones (excluding diaryl/α,β-unsaturated/α-hetero) is 1. The van der Waals surface area contributed by atoms with Gasteiger partial charge in [0.1, 0.15) is 5.78 Å². The van der Waals surface area contributed by atoms with Crippen LogP contribution in [-0.2, 0) is 9.53 Å². The van der Waals surface area contributed by atoms with Crippen LogP contribution in [0.4, 0.5) is 0 Å². The molecule has 0 saturated heterocycles. The summed E-state index contributed by atoms with van der Waals surface area (Å²) in [5.74, 6) is 1.13. The highest BCUT2D eigenvalue weighted by Gasteiger charge is 2.39. The molecule has 0 aromatic rings. The standard InChI is InChI=1S/C12H20O2/c1-14-12(6-3-7-12)9-11(13)8-10-4-2-5-10/h10H,2-9H2,1H3. The van der Waals surface area contributed by atoms with Gasteiger partial charge in [0.05, 0.1) is 5.60 Å². The fourth-order valence-electron chi connectivity index (χ4n) is 2.47. The largest absolute Gasteiger partial charge is 0.378 e. The van der Waals surface area contributed by atoms with E-state index in [0.29, 0.717) is 18.1 Å². The molecule has 2 aliphatic carbocycles. The Balaban J connectivity index is 1.75. The van der Waals surface area contributed by atoms with Crippen molar-refractivity contribution in [1.82, 2.24) is 0 Å². The van der Waals surface area contributed by atoms with Gasteiger partial charge in [-0.25, -0.2) is 0 Å². The van der Waals surface area contributed by atoms with Gasteiger partial charge in [0.15, 0.2) is 0 Å². The van der Waals surface area contributed by atoms with E-state index in [0.717, 1.165) is 19.3 Å². The van der Waals surface area contributed by atoms with Crippen LogP contribution in [0.2, 0.25) is 0 Å². The molecule has 2 nitrogen and oxygen atoms in total. The second-order valence-corrected chi connectivity index (χ2v) is 4.96. The second-order valence-electron chi connectivity index (χ2n) is 4.96. The Kier molecular flexibility index (Phi) is 2.91. The molecule has 2 fully saturated rings. The van der Waals surface area contributed by atoms with Gasteiger partial charge in [0.2, 0.25) is 0 Å². The van der Waals surface area contributed by atoms with Gasteiger partial charge >= 0.3 is 0 Å². The number of carbonyl (C=O) groups excluding carboxylic acids is 1. The minimum absolute atomic E-state index is 0.0547. The van der Waals surface area contributed by atoms with Crippen LogP contribution in [0.15, 0.2) is 0 Å². The fraction of sp³-hybridized carbons (Fsp3) is 0.917. The predicted molar refractivity (Wildman–Crippen MR) is 55.2 cm³/mol. The summed E-state index contributed by atoms with van der Waals surface area (Å²) in [7, 11) is 1.75. The van der Waals surface area contributed by atoms with Gasteiger partial charge in [-0.15, -0.1) is 0 Å². The molecule has 0 atom stereocenters. The molecule has 2 rings (SSSR count). The number of rotatable bonds is 5. The molecule has 0 heterocycles. The van der Waals surface area contributed by atoms with Crippen molar-refractivity contribution in [2.45, 2.75) is 57.0 Å².